The lowest BCUT2D eigenvalue weighted by atomic mass is 9.90. The van der Waals surface area contributed by atoms with Crippen LogP contribution in [0.25, 0.3) is 0 Å². The van der Waals surface area contributed by atoms with E-state index in [-0.39, 0.29) is 0 Å². The molecule has 0 aliphatic heterocycles. The summed E-state index contributed by atoms with van der Waals surface area (Å²) < 4.78 is 0. The fourth-order valence-electron chi connectivity index (χ4n) is 3.48. The van der Waals surface area contributed by atoms with Gasteiger partial charge in [0.15, 0.2) is 0 Å². The second kappa shape index (κ2) is 4.72. The molecule has 0 spiro atoms. The van der Waals surface area contributed by atoms with Gasteiger partial charge in [-0.3, -0.25) is 0 Å². The average Bonchev–Trinajstić information content (AvgIpc) is 2.76. The van der Waals surface area contributed by atoms with E-state index >= 15 is 0 Å². The topological polar surface area (TPSA) is 12.0 Å². The lowest BCUT2D eigenvalue weighted by molar-refractivity contribution is 0.555. The molecule has 0 amide bonds. The molecule has 0 bridgehead atoms. The normalized spacial score (nSPS) is 27.8. The molecular formula is C16H23N. The molecular weight excluding hydrogens is 206 g/mol. The number of anilines is 1. The van der Waals surface area contributed by atoms with Crippen molar-refractivity contribution in [1.29, 1.82) is 0 Å². The van der Waals surface area contributed by atoms with Gasteiger partial charge in [-0.15, -0.1) is 0 Å². The van der Waals surface area contributed by atoms with Crippen LogP contribution in [0.5, 0.6) is 0 Å². The first kappa shape index (κ1) is 11.1. The maximum absolute atomic E-state index is 3.82. The molecule has 1 aromatic carbocycles. The van der Waals surface area contributed by atoms with Gasteiger partial charge in [-0.25, -0.2) is 0 Å². The maximum Gasteiger partial charge on any atom is 0.0377 e. The maximum atomic E-state index is 3.82. The van der Waals surface area contributed by atoms with Gasteiger partial charge >= 0.3 is 0 Å². The van der Waals surface area contributed by atoms with Gasteiger partial charge in [-0.05, 0) is 61.6 Å². The second-order valence-corrected chi connectivity index (χ2v) is 5.81. The van der Waals surface area contributed by atoms with Crippen LogP contribution in [0.15, 0.2) is 18.2 Å². The van der Waals surface area contributed by atoms with Crippen LogP contribution in [0, 0.1) is 5.92 Å². The fraction of sp³-hybridized carbons (Fsp3) is 0.625. The first-order chi connectivity index (χ1) is 8.34. The highest BCUT2D eigenvalue weighted by Crippen LogP contribution is 2.32. The van der Waals surface area contributed by atoms with Crippen LogP contribution in [0.1, 0.15) is 50.2 Å². The largest absolute Gasteiger partial charge is 0.382 e. The second-order valence-electron chi connectivity index (χ2n) is 5.81. The molecule has 2 aliphatic rings. The van der Waals surface area contributed by atoms with E-state index in [1.165, 1.54) is 50.6 Å². The number of fused-ring (bicyclic) bond motifs is 1. The zero-order valence-corrected chi connectivity index (χ0v) is 10.8. The Morgan fingerprint density at radius 2 is 1.94 bits per heavy atom. The van der Waals surface area contributed by atoms with Crippen LogP contribution in [0.3, 0.4) is 0 Å². The van der Waals surface area contributed by atoms with E-state index in [9.17, 15) is 0 Å². The van der Waals surface area contributed by atoms with E-state index in [1.807, 2.05) is 0 Å². The Kier molecular flexibility index (Phi) is 3.09. The molecule has 2 atom stereocenters. The summed E-state index contributed by atoms with van der Waals surface area (Å²) >= 11 is 0. The van der Waals surface area contributed by atoms with E-state index in [2.05, 4.69) is 30.4 Å². The highest BCUT2D eigenvalue weighted by molar-refractivity contribution is 5.56. The van der Waals surface area contributed by atoms with Gasteiger partial charge in [0.1, 0.15) is 0 Å². The van der Waals surface area contributed by atoms with Gasteiger partial charge in [0.25, 0.3) is 0 Å². The number of rotatable bonds is 2. The van der Waals surface area contributed by atoms with Crippen LogP contribution in [0.2, 0.25) is 0 Å². The molecule has 2 unspecified atom stereocenters. The molecule has 1 nitrogen and oxygen atoms in total. The minimum absolute atomic E-state index is 0.712. The van der Waals surface area contributed by atoms with Crippen LogP contribution in [0.4, 0.5) is 5.69 Å². The zero-order chi connectivity index (χ0) is 11.7. The highest BCUT2D eigenvalue weighted by Gasteiger charge is 2.24. The van der Waals surface area contributed by atoms with Crippen molar-refractivity contribution in [3.63, 3.8) is 0 Å². The summed E-state index contributed by atoms with van der Waals surface area (Å²) in [6.45, 7) is 2.39. The SMILES string of the molecule is CC1CCCC1Nc1cccc2c1CCCC2. The van der Waals surface area contributed by atoms with Crippen molar-refractivity contribution in [2.24, 2.45) is 5.92 Å². The average molecular weight is 229 g/mol. The van der Waals surface area contributed by atoms with Crippen LogP contribution < -0.4 is 5.32 Å². The Hall–Kier alpha value is -0.980. The molecule has 92 valence electrons. The summed E-state index contributed by atoms with van der Waals surface area (Å²) in [6.07, 6.45) is 9.44. The molecule has 1 saturated carbocycles. The van der Waals surface area contributed by atoms with Gasteiger partial charge in [-0.2, -0.15) is 0 Å². The van der Waals surface area contributed by atoms with E-state index < -0.39 is 0 Å². The van der Waals surface area contributed by atoms with Crippen molar-refractivity contribution in [2.75, 3.05) is 5.32 Å². The summed E-state index contributed by atoms with van der Waals surface area (Å²) in [5.74, 6) is 0.842. The van der Waals surface area contributed by atoms with E-state index in [4.69, 9.17) is 0 Å². The quantitative estimate of drug-likeness (QED) is 0.802. The van der Waals surface area contributed by atoms with Crippen molar-refractivity contribution in [3.05, 3.63) is 29.3 Å². The molecule has 3 rings (SSSR count). The van der Waals surface area contributed by atoms with E-state index in [0.29, 0.717) is 6.04 Å². The number of benzene rings is 1. The molecule has 0 saturated heterocycles. The predicted octanol–water partition coefficient (Wildman–Crippen LogP) is 4.17. The first-order valence-corrected chi connectivity index (χ1v) is 7.22. The predicted molar refractivity (Wildman–Crippen MR) is 73.5 cm³/mol. The third-order valence-corrected chi connectivity index (χ3v) is 4.60. The fourth-order valence-corrected chi connectivity index (χ4v) is 3.48. The van der Waals surface area contributed by atoms with Gasteiger partial charge in [0, 0.05) is 11.7 Å². The monoisotopic (exact) mass is 229 g/mol. The van der Waals surface area contributed by atoms with Crippen molar-refractivity contribution in [1.82, 2.24) is 0 Å². The number of aryl methyl sites for hydroxylation is 1. The van der Waals surface area contributed by atoms with Crippen molar-refractivity contribution >= 4 is 5.69 Å². The molecule has 0 heterocycles. The van der Waals surface area contributed by atoms with Gasteiger partial charge in [0.05, 0.1) is 0 Å². The Bertz CT molecular complexity index is 397. The highest BCUT2D eigenvalue weighted by atomic mass is 14.9. The molecule has 1 N–H and O–H groups in total. The lowest BCUT2D eigenvalue weighted by Gasteiger charge is -2.24. The minimum atomic E-state index is 0.712. The molecule has 0 aromatic heterocycles. The molecule has 1 aromatic rings. The minimum Gasteiger partial charge on any atom is -0.382 e. The number of nitrogens with one attached hydrogen (secondary N) is 1. The summed E-state index contributed by atoms with van der Waals surface area (Å²) in [5.41, 5.74) is 4.63. The Labute approximate surface area is 105 Å². The molecule has 1 fully saturated rings. The lowest BCUT2D eigenvalue weighted by Crippen LogP contribution is -2.23. The van der Waals surface area contributed by atoms with Gasteiger partial charge in [0.2, 0.25) is 0 Å². The summed E-state index contributed by atoms with van der Waals surface area (Å²) in [7, 11) is 0. The zero-order valence-electron chi connectivity index (χ0n) is 10.8. The first-order valence-electron chi connectivity index (χ1n) is 7.22. The van der Waals surface area contributed by atoms with Crippen LogP contribution >= 0.6 is 0 Å². The standard InChI is InChI=1S/C16H23N/c1-12-6-4-10-15(12)17-16-11-5-8-13-7-2-3-9-14(13)16/h5,8,11-12,15,17H,2-4,6-7,9-10H2,1H3. The van der Waals surface area contributed by atoms with Crippen LogP contribution in [-0.2, 0) is 12.8 Å². The Morgan fingerprint density at radius 1 is 1.06 bits per heavy atom. The van der Waals surface area contributed by atoms with Gasteiger partial charge in [-0.1, -0.05) is 25.5 Å². The summed E-state index contributed by atoms with van der Waals surface area (Å²) in [6, 6.07) is 7.54. The smallest absolute Gasteiger partial charge is 0.0377 e. The summed E-state index contributed by atoms with van der Waals surface area (Å²) in [4.78, 5) is 0. The third kappa shape index (κ3) is 2.20. The van der Waals surface area contributed by atoms with Crippen molar-refractivity contribution in [2.45, 2.75) is 57.9 Å². The third-order valence-electron chi connectivity index (χ3n) is 4.60. The van der Waals surface area contributed by atoms with Crippen molar-refractivity contribution < 1.29 is 0 Å². The Morgan fingerprint density at radius 3 is 2.76 bits per heavy atom. The number of hydrogen-bond donors (Lipinski definition) is 1. The molecule has 2 aliphatic carbocycles. The van der Waals surface area contributed by atoms with Gasteiger partial charge < -0.3 is 5.32 Å². The number of hydrogen-bond acceptors (Lipinski definition) is 1. The Balaban J connectivity index is 1.82. The van der Waals surface area contributed by atoms with E-state index in [0.717, 1.165) is 5.92 Å². The molecule has 1 heteroatoms. The van der Waals surface area contributed by atoms with Crippen LogP contribution in [-0.4, -0.2) is 6.04 Å². The molecule has 17 heavy (non-hydrogen) atoms. The van der Waals surface area contributed by atoms with E-state index in [1.54, 1.807) is 11.1 Å². The molecule has 0 radical (unpaired) electrons. The van der Waals surface area contributed by atoms with Crippen molar-refractivity contribution in [3.8, 4) is 0 Å². The summed E-state index contributed by atoms with van der Waals surface area (Å²) in [5, 5.41) is 3.82.